The van der Waals surface area contributed by atoms with Crippen molar-refractivity contribution in [2.45, 2.75) is 73.4 Å². The monoisotopic (exact) mass is 823 g/mol. The molecule has 8 nitrogen and oxygen atoms in total. The average molecular weight is 824 g/mol. The summed E-state index contributed by atoms with van der Waals surface area (Å²) >= 11 is 1.75. The molecule has 60 heavy (non-hydrogen) atoms. The van der Waals surface area contributed by atoms with E-state index in [9.17, 15) is 15.0 Å². The number of rotatable bonds is 19. The van der Waals surface area contributed by atoms with Crippen LogP contribution in [0.1, 0.15) is 72.3 Å². The number of aliphatic hydroxyl groups is 2. The van der Waals surface area contributed by atoms with Gasteiger partial charge in [-0.2, -0.15) is 0 Å². The van der Waals surface area contributed by atoms with Gasteiger partial charge in [-0.1, -0.05) is 103 Å². The molecule has 0 bridgehead atoms. The zero-order chi connectivity index (χ0) is 41.3. The van der Waals surface area contributed by atoms with Crippen molar-refractivity contribution in [3.63, 3.8) is 0 Å². The molecule has 1 heterocycles. The lowest BCUT2D eigenvalue weighted by molar-refractivity contribution is -0.223. The number of oxime groups is 1. The molecule has 6 atom stereocenters. The van der Waals surface area contributed by atoms with Crippen LogP contribution in [-0.4, -0.2) is 53.1 Å². The molecular formula is C51H53NO7S. The summed E-state index contributed by atoms with van der Waals surface area (Å²) in [5.41, 5.74) is 4.53. The Morgan fingerprint density at radius 3 is 2.42 bits per heavy atom. The Morgan fingerprint density at radius 1 is 0.833 bits per heavy atom. The zero-order valence-corrected chi connectivity index (χ0v) is 34.7. The number of fused-ring (bicyclic) bond motifs is 3. The molecule has 2 aliphatic carbocycles. The predicted octanol–water partition coefficient (Wildman–Crippen LogP) is 11.1. The third kappa shape index (κ3) is 8.96. The van der Waals surface area contributed by atoms with E-state index in [1.54, 1.807) is 30.0 Å². The third-order valence-corrected chi connectivity index (χ3v) is 13.4. The molecule has 1 saturated carbocycles. The first-order valence-corrected chi connectivity index (χ1v) is 22.0. The first-order chi connectivity index (χ1) is 29.5. The average Bonchev–Trinajstić information content (AvgIpc) is 3.28. The number of unbranched alkanes of at least 4 members (excludes halogenated alkanes) is 2. The SMILES string of the molecule is C=CCO[C@@]12Oc3ccc(Oc4cccc(C=O)c4)cc3[C@H]3[C@H](CCCCO)[C@@H](CCCCO)C=C(C(=NOCc4ccccc4)C[C@@H]1Sc1ccc4ccccc4c1)[C@H]32. The van der Waals surface area contributed by atoms with E-state index in [1.807, 2.05) is 54.6 Å². The van der Waals surface area contributed by atoms with Gasteiger partial charge in [0.1, 0.15) is 30.1 Å². The van der Waals surface area contributed by atoms with Crippen LogP contribution in [0.3, 0.4) is 0 Å². The molecule has 0 aromatic heterocycles. The molecule has 0 saturated heterocycles. The van der Waals surface area contributed by atoms with Gasteiger partial charge < -0.3 is 29.3 Å². The van der Waals surface area contributed by atoms with Gasteiger partial charge in [-0.3, -0.25) is 4.79 Å². The number of hydrogen-bond acceptors (Lipinski definition) is 9. The standard InChI is InChI=1S/C51H53NO7S/c1-2-27-56-51-48(60-42-23-21-37-16-6-7-17-38(37)29-42)32-46(52-57-34-35-13-4-3-5-14-35)44-30-39(18-8-10-25-53)43(20-9-11-26-54)49(50(44)51)45-31-41(22-24-47(45)59-51)58-40-19-12-15-36(28-40)33-55/h2-7,12-17,19,21-24,28-31,33,39,43,48-50,53-54H,1,8-11,18,20,25-27,32,34H2/t39-,43+,48-,49+,50+,51+/m0/s1. The third-order valence-electron chi connectivity index (χ3n) is 12.1. The number of nitrogens with zero attached hydrogens (tertiary/aromatic N) is 1. The highest BCUT2D eigenvalue weighted by molar-refractivity contribution is 8.00. The lowest BCUT2D eigenvalue weighted by Gasteiger charge is -2.58. The fourth-order valence-electron chi connectivity index (χ4n) is 9.44. The molecule has 0 spiro atoms. The van der Waals surface area contributed by atoms with E-state index < -0.39 is 5.79 Å². The fourth-order valence-corrected chi connectivity index (χ4v) is 10.8. The molecule has 9 heteroatoms. The molecule has 5 aromatic carbocycles. The molecular weight excluding hydrogens is 771 g/mol. The Kier molecular flexibility index (Phi) is 13.5. The van der Waals surface area contributed by atoms with Crippen molar-refractivity contribution in [1.29, 1.82) is 0 Å². The number of aliphatic hydroxyl groups excluding tert-OH is 2. The topological polar surface area (TPSA) is 107 Å². The minimum absolute atomic E-state index is 0.0967. The van der Waals surface area contributed by atoms with Crippen molar-refractivity contribution in [3.8, 4) is 17.2 Å². The molecule has 2 N–H and O–H groups in total. The maximum atomic E-state index is 11.6. The molecule has 1 fully saturated rings. The van der Waals surface area contributed by atoms with Crippen LogP contribution in [0, 0.1) is 17.8 Å². The number of aldehydes is 1. The molecule has 310 valence electrons. The van der Waals surface area contributed by atoms with Crippen molar-refractivity contribution in [1.82, 2.24) is 0 Å². The second-order valence-corrected chi connectivity index (χ2v) is 17.2. The summed E-state index contributed by atoms with van der Waals surface area (Å²) in [5, 5.41) is 27.0. The maximum absolute atomic E-state index is 11.6. The molecule has 3 aliphatic rings. The molecule has 0 amide bonds. The van der Waals surface area contributed by atoms with Gasteiger partial charge >= 0.3 is 0 Å². The Hall–Kier alpha value is -5.19. The molecule has 5 aromatic rings. The summed E-state index contributed by atoms with van der Waals surface area (Å²) in [7, 11) is 0. The molecule has 0 radical (unpaired) electrons. The summed E-state index contributed by atoms with van der Waals surface area (Å²) in [6.45, 7) is 4.96. The highest BCUT2D eigenvalue weighted by Gasteiger charge is 2.64. The number of benzene rings is 5. The summed E-state index contributed by atoms with van der Waals surface area (Å²) in [6, 6.07) is 38.2. The van der Waals surface area contributed by atoms with Gasteiger partial charge in [0.2, 0.25) is 5.79 Å². The van der Waals surface area contributed by atoms with E-state index >= 15 is 0 Å². The number of hydrogen-bond donors (Lipinski definition) is 2. The Morgan fingerprint density at radius 2 is 1.62 bits per heavy atom. The molecule has 0 unspecified atom stereocenters. The van der Waals surface area contributed by atoms with Crippen LogP contribution in [0.5, 0.6) is 17.2 Å². The fraction of sp³-hybridized carbons (Fsp3) is 0.333. The normalized spacial score (nSPS) is 23.5. The van der Waals surface area contributed by atoms with Crippen LogP contribution in [0.4, 0.5) is 0 Å². The van der Waals surface area contributed by atoms with Crippen molar-refractivity contribution in [3.05, 3.63) is 156 Å². The smallest absolute Gasteiger partial charge is 0.231 e. The summed E-state index contributed by atoms with van der Waals surface area (Å²) < 4.78 is 21.0. The largest absolute Gasteiger partial charge is 0.460 e. The van der Waals surface area contributed by atoms with Gasteiger partial charge in [-0.15, -0.1) is 18.3 Å². The first-order valence-electron chi connectivity index (χ1n) is 21.2. The second-order valence-electron chi connectivity index (χ2n) is 15.9. The van der Waals surface area contributed by atoms with E-state index in [1.165, 1.54) is 5.39 Å². The van der Waals surface area contributed by atoms with E-state index in [-0.39, 0.29) is 48.7 Å². The van der Waals surface area contributed by atoms with E-state index in [2.05, 4.69) is 61.2 Å². The van der Waals surface area contributed by atoms with E-state index in [0.29, 0.717) is 42.9 Å². The van der Waals surface area contributed by atoms with Crippen molar-refractivity contribution >= 4 is 34.5 Å². The van der Waals surface area contributed by atoms with Gasteiger partial charge in [0.15, 0.2) is 0 Å². The van der Waals surface area contributed by atoms with Crippen LogP contribution in [-0.2, 0) is 16.2 Å². The van der Waals surface area contributed by atoms with Gasteiger partial charge in [0.25, 0.3) is 0 Å². The Bertz CT molecular complexity index is 2330. The van der Waals surface area contributed by atoms with Crippen molar-refractivity contribution < 1.29 is 34.1 Å². The number of carbonyl (C=O) groups excluding carboxylic acids is 1. The Labute approximate surface area is 356 Å². The highest BCUT2D eigenvalue weighted by Crippen LogP contribution is 2.63. The van der Waals surface area contributed by atoms with Crippen LogP contribution in [0.25, 0.3) is 10.8 Å². The first kappa shape index (κ1) is 41.5. The molecule has 8 rings (SSSR count). The van der Waals surface area contributed by atoms with Crippen LogP contribution in [0.2, 0.25) is 0 Å². The maximum Gasteiger partial charge on any atom is 0.231 e. The van der Waals surface area contributed by atoms with Crippen LogP contribution >= 0.6 is 11.8 Å². The zero-order valence-electron chi connectivity index (χ0n) is 33.9. The van der Waals surface area contributed by atoms with Gasteiger partial charge in [-0.25, -0.2) is 0 Å². The molecule has 1 aliphatic heterocycles. The predicted molar refractivity (Wildman–Crippen MR) is 238 cm³/mol. The summed E-state index contributed by atoms with van der Waals surface area (Å²) in [6.07, 6.45) is 10.4. The Balaban J connectivity index is 1.30. The number of thioether (sulfide) groups is 1. The summed E-state index contributed by atoms with van der Waals surface area (Å²) in [5.74, 6) is 0.716. The van der Waals surface area contributed by atoms with E-state index in [0.717, 1.165) is 70.4 Å². The number of ether oxygens (including phenoxy) is 3. The quantitative estimate of drug-likeness (QED) is 0.0367. The van der Waals surface area contributed by atoms with E-state index in [4.69, 9.17) is 24.2 Å². The van der Waals surface area contributed by atoms with Crippen LogP contribution in [0.15, 0.2) is 150 Å². The minimum atomic E-state index is -1.13. The van der Waals surface area contributed by atoms with Gasteiger partial charge in [-0.05, 0) is 102 Å². The van der Waals surface area contributed by atoms with Gasteiger partial charge in [0.05, 0.1) is 23.5 Å². The number of allylic oxidation sites excluding steroid dienone is 1. The van der Waals surface area contributed by atoms with Crippen LogP contribution < -0.4 is 9.47 Å². The van der Waals surface area contributed by atoms with Crippen molar-refractivity contribution in [2.24, 2.45) is 22.9 Å². The van der Waals surface area contributed by atoms with Crippen molar-refractivity contribution in [2.75, 3.05) is 19.8 Å². The number of carbonyl (C=O) groups is 1. The highest BCUT2D eigenvalue weighted by atomic mass is 32.2. The summed E-state index contributed by atoms with van der Waals surface area (Å²) in [4.78, 5) is 19.0. The van der Waals surface area contributed by atoms with Gasteiger partial charge in [0, 0.05) is 41.6 Å². The lowest BCUT2D eigenvalue weighted by Crippen LogP contribution is -2.64. The second kappa shape index (κ2) is 19.5. The minimum Gasteiger partial charge on any atom is -0.460 e. The lowest BCUT2D eigenvalue weighted by atomic mass is 9.56.